The summed E-state index contributed by atoms with van der Waals surface area (Å²) in [7, 11) is -3.65. The standard InChI is InChI=1S/C11H9NO3S.C9H8O4/c13-9-10-5-4-8-12(10)16(14,15)11-6-2-1-3-7-11;1-5-2-3-6(8(10)11)4-7(5)9(12)13/h1-9H;2-4H,1H3,(H,10,11)(H,12,13). The van der Waals surface area contributed by atoms with Gasteiger partial charge in [0.1, 0.15) is 0 Å². The molecule has 0 aliphatic rings. The lowest BCUT2D eigenvalue weighted by Crippen LogP contribution is -2.14. The van der Waals surface area contributed by atoms with Gasteiger partial charge in [0, 0.05) is 6.20 Å². The van der Waals surface area contributed by atoms with E-state index in [0.717, 1.165) is 10.0 Å². The van der Waals surface area contributed by atoms with Crippen molar-refractivity contribution in [3.8, 4) is 0 Å². The van der Waals surface area contributed by atoms with Crippen molar-refractivity contribution < 1.29 is 33.0 Å². The zero-order chi connectivity index (χ0) is 21.6. The number of carbonyl (C=O) groups excluding carboxylic acids is 1. The van der Waals surface area contributed by atoms with Crippen LogP contribution in [0.5, 0.6) is 0 Å². The van der Waals surface area contributed by atoms with E-state index in [-0.39, 0.29) is 21.7 Å². The van der Waals surface area contributed by atoms with Crippen molar-refractivity contribution in [3.63, 3.8) is 0 Å². The Morgan fingerprint density at radius 1 is 0.931 bits per heavy atom. The van der Waals surface area contributed by atoms with Gasteiger partial charge >= 0.3 is 11.9 Å². The Bertz CT molecular complexity index is 1150. The van der Waals surface area contributed by atoms with Crippen LogP contribution in [0.1, 0.15) is 36.8 Å². The zero-order valence-corrected chi connectivity index (χ0v) is 16.0. The van der Waals surface area contributed by atoms with Crippen LogP contribution in [0.2, 0.25) is 0 Å². The molecule has 0 aliphatic carbocycles. The van der Waals surface area contributed by atoms with Crippen LogP contribution < -0.4 is 0 Å². The summed E-state index contributed by atoms with van der Waals surface area (Å²) in [6, 6.07) is 15.0. The molecule has 2 N–H and O–H groups in total. The second-order valence-electron chi connectivity index (χ2n) is 5.80. The second kappa shape index (κ2) is 8.98. The highest BCUT2D eigenvalue weighted by Crippen LogP contribution is 2.15. The van der Waals surface area contributed by atoms with Crippen LogP contribution >= 0.6 is 0 Å². The van der Waals surface area contributed by atoms with Crippen molar-refractivity contribution in [3.05, 3.63) is 89.2 Å². The third-order valence-electron chi connectivity index (χ3n) is 3.88. The highest BCUT2D eigenvalue weighted by Gasteiger charge is 2.18. The van der Waals surface area contributed by atoms with Crippen LogP contribution in [-0.2, 0) is 10.0 Å². The molecule has 29 heavy (non-hydrogen) atoms. The van der Waals surface area contributed by atoms with Gasteiger partial charge in [-0.05, 0) is 48.9 Å². The summed E-state index contributed by atoms with van der Waals surface area (Å²) in [5.74, 6) is -2.23. The van der Waals surface area contributed by atoms with Crippen LogP contribution in [0.4, 0.5) is 0 Å². The fourth-order valence-electron chi connectivity index (χ4n) is 2.38. The fourth-order valence-corrected chi connectivity index (χ4v) is 3.72. The molecule has 0 saturated carbocycles. The summed E-state index contributed by atoms with van der Waals surface area (Å²) < 4.78 is 25.1. The first-order valence-electron chi connectivity index (χ1n) is 8.19. The number of carboxylic acids is 2. The maximum Gasteiger partial charge on any atom is 0.335 e. The molecule has 0 aliphatic heterocycles. The van der Waals surface area contributed by atoms with Gasteiger partial charge in [0.25, 0.3) is 10.0 Å². The van der Waals surface area contributed by atoms with E-state index in [1.165, 1.54) is 42.6 Å². The number of nitrogens with zero attached hydrogens (tertiary/aromatic N) is 1. The molecule has 0 fully saturated rings. The maximum absolute atomic E-state index is 12.1. The Morgan fingerprint density at radius 2 is 1.59 bits per heavy atom. The molecular weight excluding hydrogens is 398 g/mol. The monoisotopic (exact) mass is 415 g/mol. The Labute approximate surface area is 166 Å². The van der Waals surface area contributed by atoms with Crippen molar-refractivity contribution in [2.45, 2.75) is 11.8 Å². The fraction of sp³-hybridized carbons (Fsp3) is 0.0500. The number of aldehydes is 1. The van der Waals surface area contributed by atoms with Crippen molar-refractivity contribution in [1.29, 1.82) is 0 Å². The second-order valence-corrected chi connectivity index (χ2v) is 7.62. The van der Waals surface area contributed by atoms with Crippen LogP contribution in [0.3, 0.4) is 0 Å². The SMILES string of the molecule is Cc1ccc(C(=O)O)cc1C(=O)O.O=Cc1cccn1S(=O)(=O)c1ccccc1. The Balaban J connectivity index is 0.000000212. The molecule has 3 aromatic rings. The number of carboxylic acid groups (broad SMARTS) is 2. The minimum Gasteiger partial charge on any atom is -0.478 e. The molecule has 9 heteroatoms. The minimum absolute atomic E-state index is 0.0111. The molecule has 1 heterocycles. The molecule has 0 saturated heterocycles. The molecule has 0 bridgehead atoms. The third-order valence-corrected chi connectivity index (χ3v) is 5.60. The lowest BCUT2D eigenvalue weighted by molar-refractivity contribution is 0.0695. The molecular formula is C20H17NO7S. The van der Waals surface area contributed by atoms with Crippen LogP contribution in [0.25, 0.3) is 0 Å². The average molecular weight is 415 g/mol. The highest BCUT2D eigenvalue weighted by atomic mass is 32.2. The number of carbonyl (C=O) groups is 3. The van der Waals surface area contributed by atoms with Gasteiger partial charge < -0.3 is 10.2 Å². The number of hydrogen-bond donors (Lipinski definition) is 2. The van der Waals surface area contributed by atoms with Crippen LogP contribution in [0.15, 0.2) is 71.8 Å². The molecule has 0 spiro atoms. The third kappa shape index (κ3) is 4.96. The summed E-state index contributed by atoms with van der Waals surface area (Å²) in [5, 5.41) is 17.3. The molecule has 150 valence electrons. The number of rotatable bonds is 5. The summed E-state index contributed by atoms with van der Waals surface area (Å²) in [5.41, 5.74) is 0.684. The van der Waals surface area contributed by atoms with Crippen molar-refractivity contribution in [2.24, 2.45) is 0 Å². The van der Waals surface area contributed by atoms with Crippen molar-refractivity contribution in [2.75, 3.05) is 0 Å². The predicted octanol–water partition coefficient (Wildman–Crippen LogP) is 2.93. The van der Waals surface area contributed by atoms with Gasteiger partial charge in [-0.1, -0.05) is 24.3 Å². The van der Waals surface area contributed by atoms with E-state index in [1.54, 1.807) is 25.1 Å². The summed E-state index contributed by atoms with van der Waals surface area (Å²) in [4.78, 5) is 31.9. The molecule has 0 unspecified atom stereocenters. The van der Waals surface area contributed by atoms with E-state index in [9.17, 15) is 22.8 Å². The van der Waals surface area contributed by atoms with Gasteiger partial charge in [-0.25, -0.2) is 22.0 Å². The first-order chi connectivity index (χ1) is 13.7. The minimum atomic E-state index is -3.65. The van der Waals surface area contributed by atoms with Gasteiger partial charge in [0.15, 0.2) is 6.29 Å². The topological polar surface area (TPSA) is 131 Å². The molecule has 0 amide bonds. The normalized spacial score (nSPS) is 10.5. The lowest BCUT2D eigenvalue weighted by atomic mass is 10.1. The Kier molecular flexibility index (Phi) is 6.68. The average Bonchev–Trinajstić information content (AvgIpc) is 3.19. The van der Waals surface area contributed by atoms with Crippen LogP contribution in [-0.4, -0.2) is 40.8 Å². The molecule has 0 atom stereocenters. The number of aromatic carboxylic acids is 2. The number of hydrogen-bond acceptors (Lipinski definition) is 5. The predicted molar refractivity (Wildman–Crippen MR) is 104 cm³/mol. The first kappa shape index (κ1) is 21.6. The number of aromatic nitrogens is 1. The number of aryl methyl sites for hydroxylation is 1. The van der Waals surface area contributed by atoms with Crippen LogP contribution in [0, 0.1) is 6.92 Å². The van der Waals surface area contributed by atoms with Gasteiger partial charge in [0.2, 0.25) is 0 Å². The first-order valence-corrected chi connectivity index (χ1v) is 9.63. The van der Waals surface area contributed by atoms with Crippen molar-refractivity contribution in [1.82, 2.24) is 3.97 Å². The summed E-state index contributed by atoms with van der Waals surface area (Å²) >= 11 is 0. The van der Waals surface area contributed by atoms with E-state index in [2.05, 4.69) is 0 Å². The molecule has 0 radical (unpaired) electrons. The van der Waals surface area contributed by atoms with Gasteiger partial charge in [-0.2, -0.15) is 0 Å². The largest absolute Gasteiger partial charge is 0.478 e. The van der Waals surface area contributed by atoms with E-state index < -0.39 is 22.0 Å². The summed E-state index contributed by atoms with van der Waals surface area (Å²) in [6.45, 7) is 1.62. The molecule has 3 rings (SSSR count). The maximum atomic E-state index is 12.1. The van der Waals surface area contributed by atoms with Crippen molar-refractivity contribution >= 4 is 28.2 Å². The van der Waals surface area contributed by atoms with Gasteiger partial charge in [0.05, 0.1) is 21.7 Å². The molecule has 2 aromatic carbocycles. The Hall–Kier alpha value is -3.72. The summed E-state index contributed by atoms with van der Waals surface area (Å²) in [6.07, 6.45) is 1.87. The van der Waals surface area contributed by atoms with E-state index in [0.29, 0.717) is 11.8 Å². The van der Waals surface area contributed by atoms with Gasteiger partial charge in [-0.15, -0.1) is 0 Å². The highest BCUT2D eigenvalue weighted by molar-refractivity contribution is 7.90. The molecule has 8 nitrogen and oxygen atoms in total. The zero-order valence-electron chi connectivity index (χ0n) is 15.2. The lowest BCUT2D eigenvalue weighted by Gasteiger charge is -2.06. The number of benzene rings is 2. The van der Waals surface area contributed by atoms with E-state index >= 15 is 0 Å². The van der Waals surface area contributed by atoms with Gasteiger partial charge in [-0.3, -0.25) is 4.79 Å². The van der Waals surface area contributed by atoms with E-state index in [1.807, 2.05) is 0 Å². The smallest absolute Gasteiger partial charge is 0.335 e. The molecule has 1 aromatic heterocycles. The Morgan fingerprint density at radius 3 is 2.14 bits per heavy atom. The van der Waals surface area contributed by atoms with E-state index in [4.69, 9.17) is 10.2 Å². The quantitative estimate of drug-likeness (QED) is 0.613.